The van der Waals surface area contributed by atoms with Crippen LogP contribution in [0.3, 0.4) is 0 Å². The molecule has 0 aliphatic carbocycles. The summed E-state index contributed by atoms with van der Waals surface area (Å²) in [4.78, 5) is 15.4. The zero-order chi connectivity index (χ0) is 12.4. The number of imidazole rings is 1. The van der Waals surface area contributed by atoms with E-state index >= 15 is 0 Å². The Morgan fingerprint density at radius 3 is 2.82 bits per heavy atom. The normalized spacial score (nSPS) is 12.8. The van der Waals surface area contributed by atoms with Crippen LogP contribution in [0.5, 0.6) is 0 Å². The zero-order valence-corrected chi connectivity index (χ0v) is 10.6. The molecule has 1 atom stereocenters. The molecule has 4 nitrogen and oxygen atoms in total. The van der Waals surface area contributed by atoms with E-state index in [9.17, 15) is 4.79 Å². The van der Waals surface area contributed by atoms with Gasteiger partial charge in [-0.3, -0.25) is 4.79 Å². The van der Waals surface area contributed by atoms with Crippen molar-refractivity contribution in [3.05, 3.63) is 24.3 Å². The van der Waals surface area contributed by atoms with Crippen molar-refractivity contribution in [2.45, 2.75) is 23.8 Å². The number of benzene rings is 1. The number of rotatable bonds is 4. The van der Waals surface area contributed by atoms with Crippen LogP contribution in [0, 0.1) is 0 Å². The highest BCUT2D eigenvalue weighted by Gasteiger charge is 2.19. The number of carboxylic acids is 1. The minimum atomic E-state index is -0.787. The standard InChI is InChI=1S/C12H14N2O2S/c1-3-10(11(15)16)17-12-13-8-6-4-5-7-9(8)14(12)2/h4-7,10H,3H2,1-2H3,(H,15,16). The van der Waals surface area contributed by atoms with E-state index in [1.807, 2.05) is 42.8 Å². The van der Waals surface area contributed by atoms with Gasteiger partial charge in [0, 0.05) is 7.05 Å². The molecule has 1 aromatic carbocycles. The third-order valence-corrected chi connectivity index (χ3v) is 4.04. The van der Waals surface area contributed by atoms with E-state index in [0.717, 1.165) is 16.2 Å². The van der Waals surface area contributed by atoms with Gasteiger partial charge in [-0.15, -0.1) is 0 Å². The van der Waals surface area contributed by atoms with Crippen molar-refractivity contribution in [3.63, 3.8) is 0 Å². The van der Waals surface area contributed by atoms with E-state index in [4.69, 9.17) is 5.11 Å². The first kappa shape index (κ1) is 12.0. The SMILES string of the molecule is CCC(Sc1nc2ccccc2n1C)C(=O)O. The van der Waals surface area contributed by atoms with E-state index in [0.29, 0.717) is 6.42 Å². The lowest BCUT2D eigenvalue weighted by Crippen LogP contribution is -2.15. The number of para-hydroxylation sites is 2. The molecular formula is C12H14N2O2S. The number of thioether (sulfide) groups is 1. The largest absolute Gasteiger partial charge is 0.480 e. The van der Waals surface area contributed by atoms with Gasteiger partial charge in [0.05, 0.1) is 11.0 Å². The average molecular weight is 250 g/mol. The number of carbonyl (C=O) groups is 1. The van der Waals surface area contributed by atoms with Crippen molar-refractivity contribution in [2.24, 2.45) is 7.05 Å². The van der Waals surface area contributed by atoms with Crippen molar-refractivity contribution in [1.29, 1.82) is 0 Å². The van der Waals surface area contributed by atoms with Crippen LogP contribution in [0.1, 0.15) is 13.3 Å². The van der Waals surface area contributed by atoms with Gasteiger partial charge in [0.2, 0.25) is 0 Å². The fourth-order valence-corrected chi connectivity index (χ4v) is 2.59. The second-order valence-electron chi connectivity index (χ2n) is 3.80. The summed E-state index contributed by atoms with van der Waals surface area (Å²) in [5.74, 6) is -0.787. The smallest absolute Gasteiger partial charge is 0.317 e. The monoisotopic (exact) mass is 250 g/mol. The first-order chi connectivity index (χ1) is 8.13. The van der Waals surface area contributed by atoms with E-state index in [1.54, 1.807) is 0 Å². The van der Waals surface area contributed by atoms with E-state index in [1.165, 1.54) is 11.8 Å². The summed E-state index contributed by atoms with van der Waals surface area (Å²) in [6.07, 6.45) is 0.587. The zero-order valence-electron chi connectivity index (χ0n) is 9.75. The van der Waals surface area contributed by atoms with Gasteiger partial charge < -0.3 is 9.67 Å². The summed E-state index contributed by atoms with van der Waals surface area (Å²) in [6.45, 7) is 1.87. The van der Waals surface area contributed by atoms with Crippen LogP contribution < -0.4 is 0 Å². The van der Waals surface area contributed by atoms with Crippen LogP contribution in [-0.4, -0.2) is 25.9 Å². The number of nitrogens with zero attached hydrogens (tertiary/aromatic N) is 2. The third kappa shape index (κ3) is 2.29. The van der Waals surface area contributed by atoms with Crippen LogP contribution in [0.15, 0.2) is 29.4 Å². The Kier molecular flexibility index (Phi) is 3.38. The quantitative estimate of drug-likeness (QED) is 0.847. The van der Waals surface area contributed by atoms with Gasteiger partial charge in [-0.05, 0) is 18.6 Å². The number of hydrogen-bond donors (Lipinski definition) is 1. The van der Waals surface area contributed by atoms with Gasteiger partial charge in [-0.2, -0.15) is 0 Å². The highest BCUT2D eigenvalue weighted by molar-refractivity contribution is 8.00. The maximum atomic E-state index is 11.0. The molecule has 0 bridgehead atoms. The number of aliphatic carboxylic acids is 1. The van der Waals surface area contributed by atoms with Crippen molar-refractivity contribution in [3.8, 4) is 0 Å². The molecule has 0 radical (unpaired) electrons. The lowest BCUT2D eigenvalue weighted by atomic mass is 10.3. The van der Waals surface area contributed by atoms with Crippen molar-refractivity contribution < 1.29 is 9.90 Å². The second kappa shape index (κ2) is 4.79. The van der Waals surface area contributed by atoms with Crippen molar-refractivity contribution in [1.82, 2.24) is 9.55 Å². The maximum Gasteiger partial charge on any atom is 0.317 e. The first-order valence-electron chi connectivity index (χ1n) is 5.44. The van der Waals surface area contributed by atoms with Gasteiger partial charge in [0.25, 0.3) is 0 Å². The lowest BCUT2D eigenvalue weighted by molar-refractivity contribution is -0.136. The second-order valence-corrected chi connectivity index (χ2v) is 4.96. The topological polar surface area (TPSA) is 55.1 Å². The average Bonchev–Trinajstić information content (AvgIpc) is 2.63. The minimum absolute atomic E-state index is 0.439. The Labute approximate surface area is 104 Å². The molecule has 1 heterocycles. The molecule has 0 aliphatic rings. The summed E-state index contributed by atoms with van der Waals surface area (Å²) in [6, 6.07) is 7.79. The molecular weight excluding hydrogens is 236 g/mol. The molecule has 17 heavy (non-hydrogen) atoms. The fraction of sp³-hybridized carbons (Fsp3) is 0.333. The number of fused-ring (bicyclic) bond motifs is 1. The van der Waals surface area contributed by atoms with Gasteiger partial charge in [-0.1, -0.05) is 30.8 Å². The number of hydrogen-bond acceptors (Lipinski definition) is 3. The Bertz CT molecular complexity index is 550. The van der Waals surface area contributed by atoms with Gasteiger partial charge in [0.15, 0.2) is 5.16 Å². The Morgan fingerprint density at radius 2 is 2.24 bits per heavy atom. The molecule has 2 aromatic rings. The summed E-state index contributed by atoms with van der Waals surface area (Å²) in [7, 11) is 1.91. The molecule has 1 N–H and O–H groups in total. The molecule has 90 valence electrons. The molecule has 0 saturated heterocycles. The highest BCUT2D eigenvalue weighted by atomic mass is 32.2. The molecule has 0 aliphatic heterocycles. The molecule has 0 amide bonds. The van der Waals surface area contributed by atoms with Crippen LogP contribution >= 0.6 is 11.8 Å². The first-order valence-corrected chi connectivity index (χ1v) is 6.32. The molecule has 0 saturated carbocycles. The van der Waals surface area contributed by atoms with Crippen LogP contribution in [-0.2, 0) is 11.8 Å². The summed E-state index contributed by atoms with van der Waals surface area (Å²) in [5, 5.41) is 9.35. The van der Waals surface area contributed by atoms with Gasteiger partial charge >= 0.3 is 5.97 Å². The van der Waals surface area contributed by atoms with Gasteiger partial charge in [0.1, 0.15) is 5.25 Å². The maximum absolute atomic E-state index is 11.0. The predicted molar refractivity (Wildman–Crippen MR) is 68.3 cm³/mol. The number of aromatic nitrogens is 2. The van der Waals surface area contributed by atoms with Crippen LogP contribution in [0.25, 0.3) is 11.0 Å². The summed E-state index contributed by atoms with van der Waals surface area (Å²) in [5.41, 5.74) is 1.92. The van der Waals surface area contributed by atoms with Crippen molar-refractivity contribution in [2.75, 3.05) is 0 Å². The Morgan fingerprint density at radius 1 is 1.53 bits per heavy atom. The number of aryl methyl sites for hydroxylation is 1. The number of carboxylic acid groups (broad SMARTS) is 1. The predicted octanol–water partition coefficient (Wildman–Crippen LogP) is 2.53. The molecule has 0 spiro atoms. The summed E-state index contributed by atoms with van der Waals surface area (Å²) < 4.78 is 1.94. The van der Waals surface area contributed by atoms with Crippen LogP contribution in [0.2, 0.25) is 0 Å². The highest BCUT2D eigenvalue weighted by Crippen LogP contribution is 2.27. The third-order valence-electron chi connectivity index (χ3n) is 2.64. The Balaban J connectivity index is 2.36. The van der Waals surface area contributed by atoms with Crippen LogP contribution in [0.4, 0.5) is 0 Å². The van der Waals surface area contributed by atoms with E-state index in [-0.39, 0.29) is 0 Å². The summed E-state index contributed by atoms with van der Waals surface area (Å²) >= 11 is 1.30. The molecule has 2 rings (SSSR count). The fourth-order valence-electron chi connectivity index (χ4n) is 1.66. The van der Waals surface area contributed by atoms with Gasteiger partial charge in [-0.25, -0.2) is 4.98 Å². The molecule has 5 heteroatoms. The van der Waals surface area contributed by atoms with Crippen molar-refractivity contribution >= 4 is 28.8 Å². The lowest BCUT2D eigenvalue weighted by Gasteiger charge is -2.08. The molecule has 1 unspecified atom stereocenters. The molecule has 0 fully saturated rings. The molecule has 1 aromatic heterocycles. The minimum Gasteiger partial charge on any atom is -0.480 e. The Hall–Kier alpha value is -1.49. The van der Waals surface area contributed by atoms with E-state index < -0.39 is 11.2 Å². The van der Waals surface area contributed by atoms with E-state index in [2.05, 4.69) is 4.98 Å².